The molecule has 112 valence electrons. The van der Waals surface area contributed by atoms with Crippen molar-refractivity contribution in [1.82, 2.24) is 9.36 Å². The molecule has 2 rings (SSSR count). The zero-order chi connectivity index (χ0) is 15.6. The first-order valence-corrected chi connectivity index (χ1v) is 7.55. The molecule has 0 aliphatic heterocycles. The van der Waals surface area contributed by atoms with Crippen molar-refractivity contribution in [3.63, 3.8) is 0 Å². The Bertz CT molecular complexity index is 659. The number of nitrogens with zero attached hydrogens (tertiary/aromatic N) is 2. The number of nitrogens with one attached hydrogen (secondary N) is 1. The summed E-state index contributed by atoms with van der Waals surface area (Å²) in [5.41, 5.74) is -0.102. The summed E-state index contributed by atoms with van der Waals surface area (Å²) >= 11 is 2.27. The molecule has 0 radical (unpaired) electrons. The van der Waals surface area contributed by atoms with Gasteiger partial charge in [-0.15, -0.1) is 0 Å². The molecule has 0 bridgehead atoms. The van der Waals surface area contributed by atoms with Crippen LogP contribution in [0.25, 0.3) is 10.4 Å². The quantitative estimate of drug-likeness (QED) is 0.896. The van der Waals surface area contributed by atoms with Crippen LogP contribution in [0.3, 0.4) is 0 Å². The van der Waals surface area contributed by atoms with Crippen molar-refractivity contribution in [3.8, 4) is 10.4 Å². The van der Waals surface area contributed by atoms with Gasteiger partial charge in [-0.3, -0.25) is 5.32 Å². The Kier molecular flexibility index (Phi) is 4.24. The first-order chi connectivity index (χ1) is 9.76. The van der Waals surface area contributed by atoms with Gasteiger partial charge in [0.15, 0.2) is 10.8 Å². The van der Waals surface area contributed by atoms with Crippen LogP contribution in [0.15, 0.2) is 11.6 Å². The molecule has 0 atom stereocenters. The number of amides is 1. The van der Waals surface area contributed by atoms with Gasteiger partial charge in [0, 0.05) is 17.1 Å². The van der Waals surface area contributed by atoms with E-state index in [1.54, 1.807) is 32.3 Å². The summed E-state index contributed by atoms with van der Waals surface area (Å²) in [6, 6.07) is 0. The van der Waals surface area contributed by atoms with Gasteiger partial charge in [0.25, 0.3) is 0 Å². The van der Waals surface area contributed by atoms with Crippen LogP contribution in [0, 0.1) is 0 Å². The molecule has 0 saturated heterocycles. The first-order valence-electron chi connectivity index (χ1n) is 5.90. The molecule has 2 heterocycles. The maximum absolute atomic E-state index is 11.7. The fourth-order valence-electron chi connectivity index (χ4n) is 1.42. The number of rotatable bonds is 3. The van der Waals surface area contributed by atoms with Gasteiger partial charge in [0.05, 0.1) is 4.88 Å². The summed E-state index contributed by atoms with van der Waals surface area (Å²) in [5.74, 6) is -1.16. The van der Waals surface area contributed by atoms with Crippen LogP contribution >= 0.6 is 22.9 Å². The molecule has 2 N–H and O–H groups in total. The number of hydrogen-bond acceptors (Lipinski definition) is 7. The van der Waals surface area contributed by atoms with Gasteiger partial charge in [0.2, 0.25) is 0 Å². The number of anilines is 1. The van der Waals surface area contributed by atoms with Crippen molar-refractivity contribution >= 4 is 40.1 Å². The summed E-state index contributed by atoms with van der Waals surface area (Å²) < 4.78 is 9.03. The van der Waals surface area contributed by atoms with Gasteiger partial charge in [0.1, 0.15) is 5.60 Å². The molecule has 0 aliphatic rings. The smallest absolute Gasteiger partial charge is 0.413 e. The van der Waals surface area contributed by atoms with Crippen molar-refractivity contribution in [2.24, 2.45) is 0 Å². The Morgan fingerprint density at radius 1 is 1.38 bits per heavy atom. The van der Waals surface area contributed by atoms with E-state index in [-0.39, 0.29) is 10.8 Å². The Morgan fingerprint density at radius 3 is 2.62 bits per heavy atom. The van der Waals surface area contributed by atoms with Gasteiger partial charge in [-0.05, 0) is 32.3 Å². The summed E-state index contributed by atoms with van der Waals surface area (Å²) in [6.45, 7) is 5.21. The van der Waals surface area contributed by atoms with Crippen molar-refractivity contribution in [2.45, 2.75) is 26.4 Å². The lowest BCUT2D eigenvalue weighted by atomic mass is 10.2. The second kappa shape index (κ2) is 5.78. The lowest BCUT2D eigenvalue weighted by Crippen LogP contribution is -2.27. The average molecular weight is 327 g/mol. The predicted molar refractivity (Wildman–Crippen MR) is 80.0 cm³/mol. The van der Waals surface area contributed by atoms with Crippen LogP contribution in [0.1, 0.15) is 31.3 Å². The largest absolute Gasteiger partial charge is 0.476 e. The summed E-state index contributed by atoms with van der Waals surface area (Å²) in [4.78, 5) is 27.3. The van der Waals surface area contributed by atoms with E-state index < -0.39 is 17.7 Å². The van der Waals surface area contributed by atoms with E-state index in [4.69, 9.17) is 4.74 Å². The molecular weight excluding hydrogens is 314 g/mol. The highest BCUT2D eigenvalue weighted by atomic mass is 32.1. The van der Waals surface area contributed by atoms with E-state index in [1.807, 2.05) is 0 Å². The third-order valence-corrected chi connectivity index (χ3v) is 3.74. The molecule has 0 unspecified atom stereocenters. The van der Waals surface area contributed by atoms with Gasteiger partial charge < -0.3 is 9.84 Å². The SMILES string of the molecule is CC(C)(C)OC(=O)Nc1nc(C(=O)O)c(-c2cnsc2)s1. The molecular formula is C12H13N3O4S2. The van der Waals surface area contributed by atoms with Crippen molar-refractivity contribution in [2.75, 3.05) is 5.32 Å². The minimum absolute atomic E-state index is 0.119. The van der Waals surface area contributed by atoms with Crippen LogP contribution in [-0.4, -0.2) is 32.1 Å². The lowest BCUT2D eigenvalue weighted by molar-refractivity contribution is 0.0632. The van der Waals surface area contributed by atoms with Crippen molar-refractivity contribution in [3.05, 3.63) is 17.3 Å². The minimum Gasteiger partial charge on any atom is -0.476 e. The highest BCUT2D eigenvalue weighted by molar-refractivity contribution is 7.19. The van der Waals surface area contributed by atoms with E-state index in [2.05, 4.69) is 14.7 Å². The normalized spacial score (nSPS) is 11.2. The molecule has 7 nitrogen and oxygen atoms in total. The number of carboxylic acid groups (broad SMARTS) is 1. The van der Waals surface area contributed by atoms with Crippen molar-refractivity contribution < 1.29 is 19.4 Å². The van der Waals surface area contributed by atoms with Crippen LogP contribution < -0.4 is 5.32 Å². The van der Waals surface area contributed by atoms with Crippen LogP contribution in [0.5, 0.6) is 0 Å². The zero-order valence-corrected chi connectivity index (χ0v) is 13.2. The number of carbonyl (C=O) groups is 2. The predicted octanol–water partition coefficient (Wildman–Crippen LogP) is 3.31. The highest BCUT2D eigenvalue weighted by Gasteiger charge is 2.22. The molecule has 2 aromatic heterocycles. The van der Waals surface area contributed by atoms with Crippen LogP contribution in [0.2, 0.25) is 0 Å². The van der Waals surface area contributed by atoms with Crippen molar-refractivity contribution in [1.29, 1.82) is 0 Å². The molecule has 0 aliphatic carbocycles. The topological polar surface area (TPSA) is 101 Å². The molecule has 2 aromatic rings. The van der Waals surface area contributed by atoms with Crippen LogP contribution in [-0.2, 0) is 4.74 Å². The number of aromatic nitrogens is 2. The Hall–Kier alpha value is -2.00. The zero-order valence-electron chi connectivity index (χ0n) is 11.5. The monoisotopic (exact) mass is 327 g/mol. The third-order valence-electron chi connectivity index (χ3n) is 2.13. The summed E-state index contributed by atoms with van der Waals surface area (Å²) in [5, 5.41) is 13.5. The fraction of sp³-hybridized carbons (Fsp3) is 0.333. The van der Waals surface area contributed by atoms with E-state index in [9.17, 15) is 14.7 Å². The number of hydrogen-bond donors (Lipinski definition) is 2. The molecule has 21 heavy (non-hydrogen) atoms. The van der Waals surface area contributed by atoms with E-state index in [0.29, 0.717) is 10.4 Å². The number of carboxylic acids is 1. The standard InChI is InChI=1S/C12H13N3O4S2/c1-12(2,3)19-11(18)15-10-14-7(9(16)17)8(21-10)6-4-13-20-5-6/h4-5H,1-3H3,(H,16,17)(H,14,15,18). The molecule has 0 saturated carbocycles. The van der Waals surface area contributed by atoms with Gasteiger partial charge in [-0.2, -0.15) is 0 Å². The molecule has 0 spiro atoms. The summed E-state index contributed by atoms with van der Waals surface area (Å²) in [6.07, 6.45) is 0.880. The maximum Gasteiger partial charge on any atom is 0.413 e. The fourth-order valence-corrected chi connectivity index (χ4v) is 2.95. The third kappa shape index (κ3) is 3.99. The lowest BCUT2D eigenvalue weighted by Gasteiger charge is -2.18. The van der Waals surface area contributed by atoms with Gasteiger partial charge in [-0.25, -0.2) is 18.9 Å². The van der Waals surface area contributed by atoms with E-state index in [1.165, 1.54) is 11.5 Å². The van der Waals surface area contributed by atoms with Gasteiger partial charge >= 0.3 is 12.1 Å². The number of thiazole rings is 1. The second-order valence-corrected chi connectivity index (χ2v) is 6.70. The second-order valence-electron chi connectivity index (χ2n) is 5.04. The maximum atomic E-state index is 11.7. The Morgan fingerprint density at radius 2 is 2.10 bits per heavy atom. The average Bonchev–Trinajstić information content (AvgIpc) is 2.92. The van der Waals surface area contributed by atoms with Crippen LogP contribution in [0.4, 0.5) is 9.93 Å². The molecule has 0 fully saturated rings. The minimum atomic E-state index is -1.16. The Balaban J connectivity index is 2.24. The number of aromatic carboxylic acids is 1. The number of carbonyl (C=O) groups excluding carboxylic acids is 1. The number of ether oxygens (including phenoxy) is 1. The molecule has 9 heteroatoms. The first kappa shape index (κ1) is 15.4. The molecule has 0 aromatic carbocycles. The summed E-state index contributed by atoms with van der Waals surface area (Å²) in [7, 11) is 0. The van der Waals surface area contributed by atoms with Gasteiger partial charge in [-0.1, -0.05) is 11.3 Å². The van der Waals surface area contributed by atoms with E-state index in [0.717, 1.165) is 11.3 Å². The van der Waals surface area contributed by atoms with E-state index >= 15 is 0 Å². The highest BCUT2D eigenvalue weighted by Crippen LogP contribution is 2.33. The Labute approximate surface area is 128 Å². The molecule has 1 amide bonds.